The maximum absolute atomic E-state index is 10.1. The molecule has 1 aliphatic rings. The number of hydrogen-bond donors (Lipinski definition) is 4. The van der Waals surface area contributed by atoms with Crippen molar-refractivity contribution in [2.45, 2.75) is 12.6 Å². The van der Waals surface area contributed by atoms with Crippen LogP contribution in [0.1, 0.15) is 5.56 Å². The maximum Gasteiger partial charge on any atom is 0.207 e. The van der Waals surface area contributed by atoms with Crippen LogP contribution in [-0.2, 0) is 11.3 Å². The van der Waals surface area contributed by atoms with E-state index in [0.29, 0.717) is 13.0 Å². The Labute approximate surface area is 112 Å². The van der Waals surface area contributed by atoms with Gasteiger partial charge in [-0.05, 0) is 24.7 Å². The summed E-state index contributed by atoms with van der Waals surface area (Å²) >= 11 is 0. The molecule has 1 aliphatic heterocycles. The first-order valence-corrected chi connectivity index (χ1v) is 6.31. The Kier molecular flexibility index (Phi) is 4.88. The summed E-state index contributed by atoms with van der Waals surface area (Å²) in [5.41, 5.74) is 1.92. The molecule has 0 saturated carbocycles. The lowest BCUT2D eigenvalue weighted by Crippen LogP contribution is -2.54. The molecule has 6 heteroatoms. The first-order chi connectivity index (χ1) is 9.35. The van der Waals surface area contributed by atoms with Gasteiger partial charge in [-0.2, -0.15) is 0 Å². The molecule has 0 spiro atoms. The Morgan fingerprint density at radius 2 is 2.32 bits per heavy atom. The van der Waals surface area contributed by atoms with Gasteiger partial charge in [0.1, 0.15) is 5.65 Å². The summed E-state index contributed by atoms with van der Waals surface area (Å²) in [6.07, 6.45) is 4.25. The number of aromatic nitrogens is 2. The molecule has 0 aromatic carbocycles. The quantitative estimate of drug-likeness (QED) is 0.583. The second kappa shape index (κ2) is 6.86. The summed E-state index contributed by atoms with van der Waals surface area (Å²) in [4.78, 5) is 17.3. The highest BCUT2D eigenvalue weighted by Gasteiger charge is 2.11. The van der Waals surface area contributed by atoms with Gasteiger partial charge < -0.3 is 20.9 Å². The monoisotopic (exact) mass is 261 g/mol. The molecule has 2 aromatic heterocycles. The van der Waals surface area contributed by atoms with Gasteiger partial charge in [0, 0.05) is 43.5 Å². The van der Waals surface area contributed by atoms with E-state index >= 15 is 0 Å². The van der Waals surface area contributed by atoms with E-state index in [1.54, 1.807) is 6.20 Å². The number of rotatable bonds is 4. The van der Waals surface area contributed by atoms with Gasteiger partial charge >= 0.3 is 0 Å². The van der Waals surface area contributed by atoms with Crippen molar-refractivity contribution < 1.29 is 4.79 Å². The van der Waals surface area contributed by atoms with Gasteiger partial charge in [-0.15, -0.1) is 0 Å². The Hall–Kier alpha value is -1.92. The Morgan fingerprint density at radius 1 is 1.47 bits per heavy atom. The zero-order valence-corrected chi connectivity index (χ0v) is 10.9. The van der Waals surface area contributed by atoms with Crippen molar-refractivity contribution in [2.24, 2.45) is 0 Å². The van der Waals surface area contributed by atoms with Crippen LogP contribution >= 0.6 is 0 Å². The van der Waals surface area contributed by atoms with Crippen LogP contribution < -0.4 is 16.0 Å². The van der Waals surface area contributed by atoms with Crippen molar-refractivity contribution in [3.8, 4) is 0 Å². The van der Waals surface area contributed by atoms with Crippen molar-refractivity contribution in [3.05, 3.63) is 30.1 Å². The SMILES string of the molecule is CNC1CNC1.O=CNCc1ccnc2[nH]ccc12. The molecule has 0 atom stereocenters. The van der Waals surface area contributed by atoms with Crippen LogP contribution in [0.5, 0.6) is 0 Å². The molecule has 19 heavy (non-hydrogen) atoms. The van der Waals surface area contributed by atoms with E-state index in [0.717, 1.165) is 35.7 Å². The van der Waals surface area contributed by atoms with Crippen LogP contribution in [-0.4, -0.2) is 42.6 Å². The zero-order chi connectivity index (χ0) is 13.5. The van der Waals surface area contributed by atoms with Crippen LogP contribution in [0.3, 0.4) is 0 Å². The zero-order valence-electron chi connectivity index (χ0n) is 10.9. The van der Waals surface area contributed by atoms with Gasteiger partial charge in [-0.25, -0.2) is 4.98 Å². The first-order valence-electron chi connectivity index (χ1n) is 6.31. The molecule has 0 radical (unpaired) electrons. The summed E-state index contributed by atoms with van der Waals surface area (Å²) < 4.78 is 0. The molecule has 1 saturated heterocycles. The highest BCUT2D eigenvalue weighted by atomic mass is 16.1. The highest BCUT2D eigenvalue weighted by Crippen LogP contribution is 2.14. The minimum atomic E-state index is 0.542. The van der Waals surface area contributed by atoms with E-state index in [9.17, 15) is 4.79 Å². The topological polar surface area (TPSA) is 81.8 Å². The Balaban J connectivity index is 0.000000186. The van der Waals surface area contributed by atoms with Gasteiger partial charge in [0.05, 0.1) is 0 Å². The molecule has 102 valence electrons. The van der Waals surface area contributed by atoms with Crippen LogP contribution in [0.4, 0.5) is 0 Å². The lowest BCUT2D eigenvalue weighted by molar-refractivity contribution is -0.109. The predicted octanol–water partition coefficient (Wildman–Crippen LogP) is -0.0135. The van der Waals surface area contributed by atoms with E-state index in [1.165, 1.54) is 0 Å². The normalized spacial score (nSPS) is 14.4. The minimum absolute atomic E-state index is 0.542. The standard InChI is InChI=1S/C9H9N3O.C4H10N2/c13-6-10-5-7-1-3-11-9-8(7)2-4-12-9;1-5-4-2-6-3-4/h1-4,6H,5H2,(H,10,13)(H,11,12);4-6H,2-3H2,1H3. The third-order valence-electron chi connectivity index (χ3n) is 3.12. The maximum atomic E-state index is 10.1. The van der Waals surface area contributed by atoms with Crippen molar-refractivity contribution in [2.75, 3.05) is 20.1 Å². The average Bonchev–Trinajstić information content (AvgIpc) is 2.84. The van der Waals surface area contributed by atoms with Gasteiger partial charge in [-0.1, -0.05) is 0 Å². The lowest BCUT2D eigenvalue weighted by Gasteiger charge is -2.25. The number of pyridine rings is 1. The summed E-state index contributed by atoms with van der Waals surface area (Å²) in [5.74, 6) is 0. The molecule has 2 aromatic rings. The van der Waals surface area contributed by atoms with Crippen LogP contribution in [0, 0.1) is 0 Å². The number of nitrogens with one attached hydrogen (secondary N) is 4. The lowest BCUT2D eigenvalue weighted by atomic mass is 10.2. The number of aromatic amines is 1. The number of H-pyrrole nitrogens is 1. The Bertz CT molecular complexity index is 518. The molecule has 0 bridgehead atoms. The third kappa shape index (κ3) is 3.52. The van der Waals surface area contributed by atoms with E-state index < -0.39 is 0 Å². The van der Waals surface area contributed by atoms with E-state index in [2.05, 4.69) is 25.9 Å². The average molecular weight is 261 g/mol. The van der Waals surface area contributed by atoms with Gasteiger partial charge in [0.25, 0.3) is 0 Å². The summed E-state index contributed by atoms with van der Waals surface area (Å²) in [7, 11) is 1.99. The number of amides is 1. The van der Waals surface area contributed by atoms with Gasteiger partial charge in [0.2, 0.25) is 6.41 Å². The number of fused-ring (bicyclic) bond motifs is 1. The van der Waals surface area contributed by atoms with Crippen molar-refractivity contribution in [1.29, 1.82) is 0 Å². The molecule has 6 nitrogen and oxygen atoms in total. The van der Waals surface area contributed by atoms with Crippen LogP contribution in [0.2, 0.25) is 0 Å². The second-order valence-electron chi connectivity index (χ2n) is 4.35. The fourth-order valence-corrected chi connectivity index (χ4v) is 1.82. The van der Waals surface area contributed by atoms with E-state index in [4.69, 9.17) is 0 Å². The molecule has 1 amide bonds. The first kappa shape index (κ1) is 13.5. The molecule has 1 fully saturated rings. The highest BCUT2D eigenvalue weighted by molar-refractivity contribution is 5.79. The molecule has 0 aliphatic carbocycles. The molecule has 3 heterocycles. The van der Waals surface area contributed by atoms with Gasteiger partial charge in [-0.3, -0.25) is 4.79 Å². The van der Waals surface area contributed by atoms with Crippen molar-refractivity contribution >= 4 is 17.4 Å². The van der Waals surface area contributed by atoms with Crippen LogP contribution in [0.15, 0.2) is 24.5 Å². The molecule has 0 unspecified atom stereocenters. The summed E-state index contributed by atoms with van der Waals surface area (Å²) in [6.45, 7) is 2.84. The fourth-order valence-electron chi connectivity index (χ4n) is 1.82. The molecular formula is C13H19N5O. The number of likely N-dealkylation sites (N-methyl/N-ethyl adjacent to an activating group) is 1. The molecule has 3 rings (SSSR count). The van der Waals surface area contributed by atoms with E-state index in [1.807, 2.05) is 25.4 Å². The summed E-state index contributed by atoms with van der Waals surface area (Å²) in [6, 6.07) is 4.60. The predicted molar refractivity (Wildman–Crippen MR) is 74.7 cm³/mol. The summed E-state index contributed by atoms with van der Waals surface area (Å²) in [5, 5.41) is 9.97. The van der Waals surface area contributed by atoms with Crippen LogP contribution in [0.25, 0.3) is 11.0 Å². The molecular weight excluding hydrogens is 242 g/mol. The van der Waals surface area contributed by atoms with E-state index in [-0.39, 0.29) is 0 Å². The largest absolute Gasteiger partial charge is 0.355 e. The van der Waals surface area contributed by atoms with Crippen molar-refractivity contribution in [3.63, 3.8) is 0 Å². The minimum Gasteiger partial charge on any atom is -0.355 e. The number of nitrogens with zero attached hydrogens (tertiary/aromatic N) is 1. The fraction of sp³-hybridized carbons (Fsp3) is 0.385. The second-order valence-corrected chi connectivity index (χ2v) is 4.35. The third-order valence-corrected chi connectivity index (χ3v) is 3.12. The number of carbonyl (C=O) groups excluding carboxylic acids is 1. The van der Waals surface area contributed by atoms with Gasteiger partial charge in [0.15, 0.2) is 0 Å². The van der Waals surface area contributed by atoms with Crippen molar-refractivity contribution in [1.82, 2.24) is 25.9 Å². The molecule has 4 N–H and O–H groups in total. The number of carbonyl (C=O) groups is 1. The number of hydrogen-bond acceptors (Lipinski definition) is 4. The Morgan fingerprint density at radius 3 is 2.89 bits per heavy atom. The smallest absolute Gasteiger partial charge is 0.207 e.